The van der Waals surface area contributed by atoms with Crippen LogP contribution in [0, 0.1) is 5.92 Å². The lowest BCUT2D eigenvalue weighted by Crippen LogP contribution is -2.27. The highest BCUT2D eigenvalue weighted by atomic mass is 16.5. The number of unbranched alkanes of at least 4 members (excludes halogenated alkanes) is 8. The summed E-state index contributed by atoms with van der Waals surface area (Å²) in [5, 5.41) is 17.8. The monoisotopic (exact) mass is 342 g/mol. The number of carbonyl (C=O) groups excluding carboxylic acids is 1. The van der Waals surface area contributed by atoms with Gasteiger partial charge in [-0.05, 0) is 12.8 Å². The second-order valence-electron chi connectivity index (χ2n) is 6.42. The van der Waals surface area contributed by atoms with Gasteiger partial charge in [0.2, 0.25) is 0 Å². The van der Waals surface area contributed by atoms with E-state index in [9.17, 15) is 14.7 Å². The van der Waals surface area contributed by atoms with E-state index in [-0.39, 0.29) is 18.6 Å². The number of ether oxygens (including phenoxy) is 1. The van der Waals surface area contributed by atoms with E-state index in [1.165, 1.54) is 44.9 Å². The lowest BCUT2D eigenvalue weighted by Gasteiger charge is -2.22. The quantitative estimate of drug-likeness (QED) is 0.266. The summed E-state index contributed by atoms with van der Waals surface area (Å²) in [7, 11) is 0. The molecule has 0 aliphatic rings. The number of hydrogen-bond donors (Lipinski definition) is 2. The van der Waals surface area contributed by atoms with E-state index >= 15 is 0 Å². The molecule has 0 aromatic carbocycles. The maximum absolute atomic E-state index is 11.6. The highest BCUT2D eigenvalue weighted by Gasteiger charge is 2.19. The molecule has 5 nitrogen and oxygen atoms in total. The standard InChI is InChI=1S/C19H34O5/c1-3-4-5-6-7-8-9-10-11-12-17(16(2)15-20)24-19(23)14-13-18(21)22/h13-14,16-17,20H,3-12,15H2,1-2H3,(H,21,22)/b14-13-. The van der Waals surface area contributed by atoms with Gasteiger partial charge in [0.15, 0.2) is 0 Å². The van der Waals surface area contributed by atoms with Crippen molar-refractivity contribution >= 4 is 11.9 Å². The van der Waals surface area contributed by atoms with Crippen molar-refractivity contribution in [3.63, 3.8) is 0 Å². The predicted octanol–water partition coefficient (Wildman–Crippen LogP) is 4.09. The van der Waals surface area contributed by atoms with Crippen LogP contribution < -0.4 is 0 Å². The number of carbonyl (C=O) groups is 2. The molecule has 0 rings (SSSR count). The Hall–Kier alpha value is -1.36. The number of esters is 1. The van der Waals surface area contributed by atoms with Crippen LogP contribution in [0.25, 0.3) is 0 Å². The average Bonchev–Trinajstić information content (AvgIpc) is 2.56. The van der Waals surface area contributed by atoms with Crippen molar-refractivity contribution in [2.75, 3.05) is 6.61 Å². The van der Waals surface area contributed by atoms with Gasteiger partial charge < -0.3 is 14.9 Å². The topological polar surface area (TPSA) is 83.8 Å². The van der Waals surface area contributed by atoms with E-state index in [2.05, 4.69) is 6.92 Å². The van der Waals surface area contributed by atoms with Gasteiger partial charge in [-0.2, -0.15) is 0 Å². The Morgan fingerprint density at radius 2 is 1.50 bits per heavy atom. The van der Waals surface area contributed by atoms with Gasteiger partial charge in [0, 0.05) is 24.7 Å². The Balaban J connectivity index is 3.95. The maximum atomic E-state index is 11.6. The lowest BCUT2D eigenvalue weighted by molar-refractivity contribution is -0.147. The molecule has 0 aromatic heterocycles. The number of aliphatic carboxylic acids is 1. The van der Waals surface area contributed by atoms with E-state index in [0.717, 1.165) is 25.0 Å². The Morgan fingerprint density at radius 3 is 2.00 bits per heavy atom. The number of aliphatic hydroxyl groups excluding tert-OH is 1. The van der Waals surface area contributed by atoms with Gasteiger partial charge >= 0.3 is 11.9 Å². The van der Waals surface area contributed by atoms with Crippen LogP contribution in [-0.4, -0.2) is 34.9 Å². The third-order valence-electron chi connectivity index (χ3n) is 4.14. The fourth-order valence-electron chi connectivity index (χ4n) is 2.56. The minimum atomic E-state index is -1.18. The minimum absolute atomic E-state index is 0.0575. The zero-order valence-electron chi connectivity index (χ0n) is 15.2. The molecule has 2 atom stereocenters. The summed E-state index contributed by atoms with van der Waals surface area (Å²) >= 11 is 0. The van der Waals surface area contributed by atoms with Crippen molar-refractivity contribution in [1.82, 2.24) is 0 Å². The van der Waals surface area contributed by atoms with Crippen LogP contribution in [0.4, 0.5) is 0 Å². The molecule has 0 fully saturated rings. The predicted molar refractivity (Wildman–Crippen MR) is 94.7 cm³/mol. The van der Waals surface area contributed by atoms with Crippen molar-refractivity contribution in [2.24, 2.45) is 5.92 Å². The second-order valence-corrected chi connectivity index (χ2v) is 6.42. The normalized spacial score (nSPS) is 13.8. The van der Waals surface area contributed by atoms with Crippen LogP contribution >= 0.6 is 0 Å². The fraction of sp³-hybridized carbons (Fsp3) is 0.789. The Bertz CT molecular complexity index is 365. The molecule has 0 amide bonds. The van der Waals surface area contributed by atoms with Crippen LogP contribution in [0.2, 0.25) is 0 Å². The third-order valence-corrected chi connectivity index (χ3v) is 4.14. The maximum Gasteiger partial charge on any atom is 0.331 e. The lowest BCUT2D eigenvalue weighted by atomic mass is 9.98. The molecule has 0 heterocycles. The van der Waals surface area contributed by atoms with Crippen LogP contribution in [0.1, 0.15) is 78.1 Å². The molecule has 0 bridgehead atoms. The number of carboxylic acid groups (broad SMARTS) is 1. The van der Waals surface area contributed by atoms with Crippen LogP contribution in [0.15, 0.2) is 12.2 Å². The van der Waals surface area contributed by atoms with E-state index in [0.29, 0.717) is 6.42 Å². The minimum Gasteiger partial charge on any atom is -0.478 e. The Kier molecular flexibility index (Phi) is 14.3. The van der Waals surface area contributed by atoms with Gasteiger partial charge in [-0.15, -0.1) is 0 Å². The van der Waals surface area contributed by atoms with E-state index < -0.39 is 11.9 Å². The summed E-state index contributed by atoms with van der Waals surface area (Å²) in [5.74, 6) is -2.00. The molecule has 140 valence electrons. The van der Waals surface area contributed by atoms with Gasteiger partial charge in [0.25, 0.3) is 0 Å². The Labute approximate surface area is 146 Å². The molecular weight excluding hydrogens is 308 g/mol. The zero-order valence-corrected chi connectivity index (χ0v) is 15.2. The van der Waals surface area contributed by atoms with Gasteiger partial charge in [-0.1, -0.05) is 65.2 Å². The van der Waals surface area contributed by atoms with Gasteiger partial charge in [-0.3, -0.25) is 0 Å². The highest BCUT2D eigenvalue weighted by molar-refractivity contribution is 5.90. The average molecular weight is 342 g/mol. The van der Waals surface area contributed by atoms with Gasteiger partial charge in [0.1, 0.15) is 6.10 Å². The summed E-state index contributed by atoms with van der Waals surface area (Å²) in [6, 6.07) is 0. The van der Waals surface area contributed by atoms with Crippen molar-refractivity contribution in [1.29, 1.82) is 0 Å². The smallest absolute Gasteiger partial charge is 0.331 e. The molecular formula is C19H34O5. The molecule has 0 aromatic rings. The molecule has 24 heavy (non-hydrogen) atoms. The molecule has 0 saturated heterocycles. The first-order valence-corrected chi connectivity index (χ1v) is 9.23. The van der Waals surface area contributed by atoms with E-state index in [4.69, 9.17) is 9.84 Å². The molecule has 5 heteroatoms. The van der Waals surface area contributed by atoms with Crippen molar-refractivity contribution < 1.29 is 24.5 Å². The largest absolute Gasteiger partial charge is 0.478 e. The number of carboxylic acids is 1. The van der Waals surface area contributed by atoms with Crippen LogP contribution in [0.5, 0.6) is 0 Å². The highest BCUT2D eigenvalue weighted by Crippen LogP contribution is 2.17. The second kappa shape index (κ2) is 15.2. The fourth-order valence-corrected chi connectivity index (χ4v) is 2.56. The SMILES string of the molecule is CCCCCCCCCCCC(OC(=O)/C=C\C(=O)O)C(C)CO. The number of aliphatic hydroxyl groups is 1. The molecule has 0 aliphatic heterocycles. The molecule has 0 aliphatic carbocycles. The van der Waals surface area contributed by atoms with Crippen LogP contribution in [-0.2, 0) is 14.3 Å². The zero-order chi connectivity index (χ0) is 18.2. The van der Waals surface area contributed by atoms with Gasteiger partial charge in [-0.25, -0.2) is 9.59 Å². The summed E-state index contributed by atoms with van der Waals surface area (Å²) in [5.41, 5.74) is 0. The van der Waals surface area contributed by atoms with E-state index in [1.54, 1.807) is 0 Å². The molecule has 0 saturated carbocycles. The first-order valence-electron chi connectivity index (χ1n) is 9.23. The summed E-state index contributed by atoms with van der Waals surface area (Å²) in [4.78, 5) is 22.0. The first-order chi connectivity index (χ1) is 11.5. The molecule has 0 spiro atoms. The van der Waals surface area contributed by atoms with Crippen molar-refractivity contribution in [3.8, 4) is 0 Å². The summed E-state index contributed by atoms with van der Waals surface area (Å²) < 4.78 is 5.28. The van der Waals surface area contributed by atoms with E-state index in [1.807, 2.05) is 6.92 Å². The summed E-state index contributed by atoms with van der Waals surface area (Å²) in [6.07, 6.45) is 13.0. The molecule has 0 radical (unpaired) electrons. The third kappa shape index (κ3) is 13.1. The molecule has 2 unspecified atom stereocenters. The van der Waals surface area contributed by atoms with Gasteiger partial charge in [0.05, 0.1) is 0 Å². The van der Waals surface area contributed by atoms with Crippen molar-refractivity contribution in [3.05, 3.63) is 12.2 Å². The first kappa shape index (κ1) is 22.6. The number of rotatable bonds is 15. The molecule has 2 N–H and O–H groups in total. The Morgan fingerprint density at radius 1 is 0.958 bits per heavy atom. The van der Waals surface area contributed by atoms with Crippen molar-refractivity contribution in [2.45, 2.75) is 84.2 Å². The van der Waals surface area contributed by atoms with Crippen LogP contribution in [0.3, 0.4) is 0 Å². The summed E-state index contributed by atoms with van der Waals surface area (Å²) in [6.45, 7) is 3.98. The number of hydrogen-bond acceptors (Lipinski definition) is 4.